The van der Waals surface area contributed by atoms with Crippen LogP contribution in [0.5, 0.6) is 0 Å². The summed E-state index contributed by atoms with van der Waals surface area (Å²) in [5.41, 5.74) is 0.600. The molecule has 0 aliphatic carbocycles. The van der Waals surface area contributed by atoms with Crippen molar-refractivity contribution in [3.63, 3.8) is 0 Å². The van der Waals surface area contributed by atoms with Gasteiger partial charge in [0, 0.05) is 29.7 Å². The number of carboxylic acid groups (broad SMARTS) is 1. The molecule has 2 unspecified atom stereocenters. The highest BCUT2D eigenvalue weighted by Gasteiger charge is 2.34. The molecule has 0 bridgehead atoms. The molecular formula is C13H15BrFNO2. The molecule has 1 fully saturated rings. The Morgan fingerprint density at radius 2 is 2.28 bits per heavy atom. The second kappa shape index (κ2) is 5.36. The smallest absolute Gasteiger partial charge is 0.308 e. The minimum atomic E-state index is -0.764. The molecule has 1 N–H and O–H groups in total. The molecule has 1 aromatic carbocycles. The van der Waals surface area contributed by atoms with Gasteiger partial charge in [-0.1, -0.05) is 22.9 Å². The van der Waals surface area contributed by atoms with Crippen LogP contribution in [-0.4, -0.2) is 29.1 Å². The minimum Gasteiger partial charge on any atom is -0.481 e. The van der Waals surface area contributed by atoms with Crippen molar-refractivity contribution < 1.29 is 14.3 Å². The van der Waals surface area contributed by atoms with Crippen molar-refractivity contribution in [1.82, 2.24) is 4.90 Å². The lowest BCUT2D eigenvalue weighted by molar-refractivity contribution is -0.142. The largest absolute Gasteiger partial charge is 0.481 e. The van der Waals surface area contributed by atoms with Crippen molar-refractivity contribution in [1.29, 1.82) is 0 Å². The number of likely N-dealkylation sites (tertiary alicyclic amines) is 1. The van der Waals surface area contributed by atoms with Crippen LogP contribution in [-0.2, 0) is 11.3 Å². The van der Waals surface area contributed by atoms with E-state index in [1.807, 2.05) is 11.8 Å². The molecule has 1 aliphatic heterocycles. The van der Waals surface area contributed by atoms with Gasteiger partial charge < -0.3 is 5.11 Å². The standard InChI is InChI=1S/C13H15BrFNO2/c1-8-5-16(7-11(8)13(17)18)6-9-4-10(14)2-3-12(9)15/h2-4,8,11H,5-7H2,1H3,(H,17,18). The van der Waals surface area contributed by atoms with Crippen LogP contribution in [0, 0.1) is 17.7 Å². The van der Waals surface area contributed by atoms with E-state index in [1.54, 1.807) is 12.1 Å². The third-order valence-electron chi connectivity index (χ3n) is 3.41. The van der Waals surface area contributed by atoms with Crippen molar-refractivity contribution in [2.45, 2.75) is 13.5 Å². The Morgan fingerprint density at radius 1 is 1.56 bits per heavy atom. The summed E-state index contributed by atoms with van der Waals surface area (Å²) in [7, 11) is 0. The second-order valence-corrected chi connectivity index (χ2v) is 5.77. The van der Waals surface area contributed by atoms with E-state index in [9.17, 15) is 9.18 Å². The fourth-order valence-electron chi connectivity index (χ4n) is 2.42. The third kappa shape index (κ3) is 2.90. The number of aliphatic carboxylic acids is 1. The number of rotatable bonds is 3. The molecule has 0 amide bonds. The first kappa shape index (κ1) is 13.5. The Bertz CT molecular complexity index is 466. The number of hydrogen-bond donors (Lipinski definition) is 1. The predicted octanol–water partition coefficient (Wildman–Crippen LogP) is 2.74. The number of hydrogen-bond acceptors (Lipinski definition) is 2. The number of benzene rings is 1. The average Bonchev–Trinajstić information content (AvgIpc) is 2.65. The van der Waals surface area contributed by atoms with Gasteiger partial charge in [-0.15, -0.1) is 0 Å². The maximum Gasteiger partial charge on any atom is 0.308 e. The van der Waals surface area contributed by atoms with Gasteiger partial charge in [-0.3, -0.25) is 9.69 Å². The van der Waals surface area contributed by atoms with E-state index in [0.717, 1.165) is 4.47 Å². The Balaban J connectivity index is 2.07. The Labute approximate surface area is 114 Å². The zero-order chi connectivity index (χ0) is 13.3. The normalized spacial score (nSPS) is 24.4. The van der Waals surface area contributed by atoms with Gasteiger partial charge in [-0.2, -0.15) is 0 Å². The zero-order valence-corrected chi connectivity index (χ0v) is 11.7. The first-order valence-electron chi connectivity index (χ1n) is 5.86. The lowest BCUT2D eigenvalue weighted by atomic mass is 9.99. The summed E-state index contributed by atoms with van der Waals surface area (Å²) in [6, 6.07) is 4.83. The van der Waals surface area contributed by atoms with Gasteiger partial charge >= 0.3 is 5.97 Å². The monoisotopic (exact) mass is 315 g/mol. The van der Waals surface area contributed by atoms with Crippen molar-refractivity contribution in [3.8, 4) is 0 Å². The molecule has 98 valence electrons. The molecule has 3 nitrogen and oxygen atoms in total. The van der Waals surface area contributed by atoms with Crippen LogP contribution < -0.4 is 0 Å². The lowest BCUT2D eigenvalue weighted by Crippen LogP contribution is -2.23. The average molecular weight is 316 g/mol. The minimum absolute atomic E-state index is 0.109. The molecule has 0 saturated carbocycles. The van der Waals surface area contributed by atoms with Gasteiger partial charge in [0.25, 0.3) is 0 Å². The molecule has 2 rings (SSSR count). The van der Waals surface area contributed by atoms with Crippen molar-refractivity contribution in [2.75, 3.05) is 13.1 Å². The highest BCUT2D eigenvalue weighted by atomic mass is 79.9. The van der Waals surface area contributed by atoms with E-state index < -0.39 is 5.97 Å². The van der Waals surface area contributed by atoms with E-state index in [0.29, 0.717) is 25.2 Å². The van der Waals surface area contributed by atoms with Crippen LogP contribution in [0.25, 0.3) is 0 Å². The molecule has 2 atom stereocenters. The Kier molecular flexibility index (Phi) is 4.02. The molecule has 0 radical (unpaired) electrons. The van der Waals surface area contributed by atoms with Crippen molar-refractivity contribution >= 4 is 21.9 Å². The molecule has 18 heavy (non-hydrogen) atoms. The van der Waals surface area contributed by atoms with Gasteiger partial charge in [0.05, 0.1) is 5.92 Å². The van der Waals surface area contributed by atoms with Gasteiger partial charge in [0.2, 0.25) is 0 Å². The van der Waals surface area contributed by atoms with E-state index >= 15 is 0 Å². The van der Waals surface area contributed by atoms with Gasteiger partial charge in [-0.25, -0.2) is 4.39 Å². The maximum absolute atomic E-state index is 13.6. The van der Waals surface area contributed by atoms with Gasteiger partial charge in [0.1, 0.15) is 5.82 Å². The van der Waals surface area contributed by atoms with Crippen molar-refractivity contribution in [3.05, 3.63) is 34.1 Å². The fraction of sp³-hybridized carbons (Fsp3) is 0.462. The lowest BCUT2D eigenvalue weighted by Gasteiger charge is -2.16. The molecular weight excluding hydrogens is 301 g/mol. The molecule has 1 heterocycles. The molecule has 0 spiro atoms. The number of carboxylic acids is 1. The maximum atomic E-state index is 13.6. The zero-order valence-electron chi connectivity index (χ0n) is 10.1. The highest BCUT2D eigenvalue weighted by molar-refractivity contribution is 9.10. The first-order chi connectivity index (χ1) is 8.47. The quantitative estimate of drug-likeness (QED) is 0.932. The summed E-state index contributed by atoms with van der Waals surface area (Å²) < 4.78 is 14.4. The third-order valence-corrected chi connectivity index (χ3v) is 3.90. The summed E-state index contributed by atoms with van der Waals surface area (Å²) in [5, 5.41) is 9.06. The highest BCUT2D eigenvalue weighted by Crippen LogP contribution is 2.26. The van der Waals surface area contributed by atoms with Crippen LogP contribution in [0.3, 0.4) is 0 Å². The summed E-state index contributed by atoms with van der Waals surface area (Å²) in [5.74, 6) is -1.25. The van der Waals surface area contributed by atoms with E-state index in [2.05, 4.69) is 15.9 Å². The van der Waals surface area contributed by atoms with Gasteiger partial charge in [0.15, 0.2) is 0 Å². The molecule has 1 aromatic rings. The van der Waals surface area contributed by atoms with Crippen molar-refractivity contribution in [2.24, 2.45) is 11.8 Å². The van der Waals surface area contributed by atoms with E-state index in [4.69, 9.17) is 5.11 Å². The molecule has 5 heteroatoms. The molecule has 0 aromatic heterocycles. The first-order valence-corrected chi connectivity index (χ1v) is 6.65. The van der Waals surface area contributed by atoms with Crippen LogP contribution in [0.4, 0.5) is 4.39 Å². The SMILES string of the molecule is CC1CN(Cc2cc(Br)ccc2F)CC1C(=O)O. The van der Waals surface area contributed by atoms with Crippen LogP contribution in [0.2, 0.25) is 0 Å². The van der Waals surface area contributed by atoms with E-state index in [-0.39, 0.29) is 17.7 Å². The summed E-state index contributed by atoms with van der Waals surface area (Å²) in [6.45, 7) is 3.57. The van der Waals surface area contributed by atoms with Crippen LogP contribution >= 0.6 is 15.9 Å². The fourth-order valence-corrected chi connectivity index (χ4v) is 2.83. The topological polar surface area (TPSA) is 40.5 Å². The second-order valence-electron chi connectivity index (χ2n) is 4.85. The summed E-state index contributed by atoms with van der Waals surface area (Å²) in [4.78, 5) is 13.0. The number of halogens is 2. The Morgan fingerprint density at radius 3 is 2.89 bits per heavy atom. The summed E-state index contributed by atoms with van der Waals surface area (Å²) in [6.07, 6.45) is 0. The molecule has 1 aliphatic rings. The number of nitrogens with zero attached hydrogens (tertiary/aromatic N) is 1. The Hall–Kier alpha value is -0.940. The number of carbonyl (C=O) groups is 1. The summed E-state index contributed by atoms with van der Waals surface area (Å²) >= 11 is 3.31. The molecule has 1 saturated heterocycles. The predicted molar refractivity (Wildman–Crippen MR) is 69.7 cm³/mol. The van der Waals surface area contributed by atoms with Gasteiger partial charge in [-0.05, 0) is 24.1 Å². The van der Waals surface area contributed by atoms with Crippen LogP contribution in [0.15, 0.2) is 22.7 Å². The van der Waals surface area contributed by atoms with E-state index in [1.165, 1.54) is 6.07 Å². The van der Waals surface area contributed by atoms with Crippen LogP contribution in [0.1, 0.15) is 12.5 Å².